The van der Waals surface area contributed by atoms with Gasteiger partial charge in [-0.15, -0.1) is 12.4 Å². The normalized spacial score (nSPS) is 23.8. The van der Waals surface area contributed by atoms with Crippen LogP contribution in [0.2, 0.25) is 0 Å². The van der Waals surface area contributed by atoms with Crippen LogP contribution >= 0.6 is 12.4 Å². The van der Waals surface area contributed by atoms with Crippen molar-refractivity contribution in [2.75, 3.05) is 32.9 Å². The van der Waals surface area contributed by atoms with Gasteiger partial charge in [0.15, 0.2) is 11.5 Å². The molecule has 1 saturated carbocycles. The monoisotopic (exact) mass is 354 g/mol. The Hall–Kier alpha value is -1.50. The number of hydrogen-bond donors (Lipinski definition) is 2. The van der Waals surface area contributed by atoms with Gasteiger partial charge in [0.05, 0.1) is 12.6 Å². The summed E-state index contributed by atoms with van der Waals surface area (Å²) in [4.78, 5) is 12.5. The predicted octanol–water partition coefficient (Wildman–Crippen LogP) is 1.44. The molecule has 1 amide bonds. The first-order valence-corrected chi connectivity index (χ1v) is 8.33. The summed E-state index contributed by atoms with van der Waals surface area (Å²) in [5.41, 5.74) is 1.08. The molecule has 1 aliphatic carbocycles. The first kappa shape index (κ1) is 17.3. The highest BCUT2D eigenvalue weighted by Crippen LogP contribution is 2.43. The van der Waals surface area contributed by atoms with Crippen LogP contribution in [-0.2, 0) is 9.53 Å². The Labute approximate surface area is 147 Å². The molecule has 132 valence electrons. The van der Waals surface area contributed by atoms with Crippen molar-refractivity contribution in [2.24, 2.45) is 5.92 Å². The molecular formula is C17H23ClN2O4. The Morgan fingerprint density at radius 2 is 1.96 bits per heavy atom. The molecule has 2 unspecified atom stereocenters. The van der Waals surface area contributed by atoms with Gasteiger partial charge in [0, 0.05) is 13.1 Å². The maximum Gasteiger partial charge on any atom is 0.250 e. The van der Waals surface area contributed by atoms with Gasteiger partial charge in [0.1, 0.15) is 19.3 Å². The minimum Gasteiger partial charge on any atom is -0.486 e. The Kier molecular flexibility index (Phi) is 5.48. The minimum atomic E-state index is -0.401. The Morgan fingerprint density at radius 3 is 2.67 bits per heavy atom. The SMILES string of the molecule is Cl.O=C(NC(c1ccc2c(c1)OCCO2)C1CC1)C1CNCCO1. The molecule has 0 aromatic heterocycles. The third kappa shape index (κ3) is 3.77. The highest BCUT2D eigenvalue weighted by Gasteiger charge is 2.35. The molecule has 1 aromatic rings. The van der Waals surface area contributed by atoms with Crippen LogP contribution in [0, 0.1) is 5.92 Å². The molecule has 2 aliphatic heterocycles. The van der Waals surface area contributed by atoms with Crippen LogP contribution in [0.15, 0.2) is 18.2 Å². The summed E-state index contributed by atoms with van der Waals surface area (Å²) in [6.45, 7) is 3.11. The van der Waals surface area contributed by atoms with Gasteiger partial charge in [0.2, 0.25) is 0 Å². The van der Waals surface area contributed by atoms with Crippen LogP contribution in [-0.4, -0.2) is 44.9 Å². The average Bonchev–Trinajstić information content (AvgIpc) is 3.45. The Balaban J connectivity index is 0.00000169. The van der Waals surface area contributed by atoms with Gasteiger partial charge >= 0.3 is 0 Å². The standard InChI is InChI=1S/C17H22N2O4.ClH/c20-17(15-10-18-5-6-21-15)19-16(11-1-2-11)12-3-4-13-14(9-12)23-8-7-22-13;/h3-4,9,11,15-16,18H,1-2,5-8,10H2,(H,19,20);1H. The van der Waals surface area contributed by atoms with Crippen molar-refractivity contribution < 1.29 is 19.0 Å². The van der Waals surface area contributed by atoms with Crippen LogP contribution in [0.25, 0.3) is 0 Å². The fourth-order valence-corrected chi connectivity index (χ4v) is 3.14. The van der Waals surface area contributed by atoms with E-state index in [1.165, 1.54) is 0 Å². The van der Waals surface area contributed by atoms with E-state index >= 15 is 0 Å². The number of fused-ring (bicyclic) bond motifs is 1. The van der Waals surface area contributed by atoms with Crippen LogP contribution < -0.4 is 20.1 Å². The maximum atomic E-state index is 12.5. The number of morpholine rings is 1. The zero-order valence-corrected chi connectivity index (χ0v) is 14.3. The number of rotatable bonds is 4. The number of carbonyl (C=O) groups excluding carboxylic acids is 1. The van der Waals surface area contributed by atoms with Crippen molar-refractivity contribution in [2.45, 2.75) is 25.0 Å². The van der Waals surface area contributed by atoms with E-state index < -0.39 is 6.10 Å². The highest BCUT2D eigenvalue weighted by atomic mass is 35.5. The lowest BCUT2D eigenvalue weighted by Gasteiger charge is -2.27. The van der Waals surface area contributed by atoms with Crippen molar-refractivity contribution in [3.8, 4) is 11.5 Å². The number of halogens is 1. The smallest absolute Gasteiger partial charge is 0.250 e. The van der Waals surface area contributed by atoms with E-state index in [1.807, 2.05) is 18.2 Å². The summed E-state index contributed by atoms with van der Waals surface area (Å²) in [6.07, 6.45) is 1.88. The van der Waals surface area contributed by atoms with Gasteiger partial charge in [-0.25, -0.2) is 0 Å². The molecule has 3 aliphatic rings. The molecule has 7 heteroatoms. The third-order valence-electron chi connectivity index (χ3n) is 4.54. The minimum absolute atomic E-state index is 0. The Bertz CT molecular complexity index is 588. The van der Waals surface area contributed by atoms with Gasteiger partial charge in [0.25, 0.3) is 5.91 Å². The van der Waals surface area contributed by atoms with Crippen LogP contribution in [0.5, 0.6) is 11.5 Å². The second kappa shape index (κ2) is 7.59. The summed E-state index contributed by atoms with van der Waals surface area (Å²) >= 11 is 0. The first-order valence-electron chi connectivity index (χ1n) is 8.33. The Morgan fingerprint density at radius 1 is 1.17 bits per heavy atom. The number of benzene rings is 1. The van der Waals surface area contributed by atoms with Gasteiger partial charge in [-0.3, -0.25) is 4.79 Å². The average molecular weight is 355 g/mol. The molecule has 24 heavy (non-hydrogen) atoms. The molecule has 2 atom stereocenters. The van der Waals surface area contributed by atoms with E-state index in [-0.39, 0.29) is 24.4 Å². The van der Waals surface area contributed by atoms with Crippen LogP contribution in [0.1, 0.15) is 24.4 Å². The van der Waals surface area contributed by atoms with E-state index in [1.54, 1.807) is 0 Å². The summed E-state index contributed by atoms with van der Waals surface area (Å²) in [7, 11) is 0. The fraction of sp³-hybridized carbons (Fsp3) is 0.588. The molecule has 4 rings (SSSR count). The number of nitrogens with one attached hydrogen (secondary N) is 2. The molecule has 2 fully saturated rings. The summed E-state index contributed by atoms with van der Waals surface area (Å²) < 4.78 is 16.8. The molecule has 0 spiro atoms. The topological polar surface area (TPSA) is 68.8 Å². The van der Waals surface area contributed by atoms with Gasteiger partial charge in [-0.05, 0) is 36.5 Å². The second-order valence-electron chi connectivity index (χ2n) is 6.29. The largest absolute Gasteiger partial charge is 0.486 e. The number of hydrogen-bond acceptors (Lipinski definition) is 5. The summed E-state index contributed by atoms with van der Waals surface area (Å²) in [6, 6.07) is 5.97. The highest BCUT2D eigenvalue weighted by molar-refractivity contribution is 5.85. The van der Waals surface area contributed by atoms with E-state index in [2.05, 4.69) is 10.6 Å². The van der Waals surface area contributed by atoms with Gasteiger partial charge in [-0.2, -0.15) is 0 Å². The van der Waals surface area contributed by atoms with E-state index in [0.29, 0.717) is 32.3 Å². The molecule has 0 radical (unpaired) electrons. The molecule has 2 N–H and O–H groups in total. The predicted molar refractivity (Wildman–Crippen MR) is 90.9 cm³/mol. The van der Waals surface area contributed by atoms with Crippen LogP contribution in [0.4, 0.5) is 0 Å². The van der Waals surface area contributed by atoms with Gasteiger partial charge in [-0.1, -0.05) is 6.07 Å². The number of ether oxygens (including phenoxy) is 3. The summed E-state index contributed by atoms with van der Waals surface area (Å²) in [5.74, 6) is 2.01. The maximum absolute atomic E-state index is 12.5. The van der Waals surface area contributed by atoms with Crippen molar-refractivity contribution in [1.82, 2.24) is 10.6 Å². The molecule has 0 bridgehead atoms. The van der Waals surface area contributed by atoms with Gasteiger partial charge < -0.3 is 24.8 Å². The zero-order chi connectivity index (χ0) is 15.6. The van der Waals surface area contributed by atoms with E-state index in [4.69, 9.17) is 14.2 Å². The van der Waals surface area contributed by atoms with Crippen molar-refractivity contribution in [3.05, 3.63) is 23.8 Å². The quantitative estimate of drug-likeness (QED) is 0.856. The van der Waals surface area contributed by atoms with E-state index in [9.17, 15) is 4.79 Å². The summed E-state index contributed by atoms with van der Waals surface area (Å²) in [5, 5.41) is 6.36. The lowest BCUT2D eigenvalue weighted by Crippen LogP contribution is -2.48. The third-order valence-corrected chi connectivity index (χ3v) is 4.54. The van der Waals surface area contributed by atoms with E-state index in [0.717, 1.165) is 36.4 Å². The van der Waals surface area contributed by atoms with Crippen molar-refractivity contribution in [1.29, 1.82) is 0 Å². The van der Waals surface area contributed by atoms with Crippen molar-refractivity contribution in [3.63, 3.8) is 0 Å². The second-order valence-corrected chi connectivity index (χ2v) is 6.29. The molecule has 2 heterocycles. The number of carbonyl (C=O) groups is 1. The first-order chi connectivity index (χ1) is 11.3. The zero-order valence-electron chi connectivity index (χ0n) is 13.5. The lowest BCUT2D eigenvalue weighted by atomic mass is 10.0. The fourth-order valence-electron chi connectivity index (χ4n) is 3.14. The molecule has 1 aromatic carbocycles. The molecule has 1 saturated heterocycles. The lowest BCUT2D eigenvalue weighted by molar-refractivity contribution is -0.135. The number of amides is 1. The molecular weight excluding hydrogens is 332 g/mol. The molecule has 6 nitrogen and oxygen atoms in total. The van der Waals surface area contributed by atoms with Crippen LogP contribution in [0.3, 0.4) is 0 Å². The van der Waals surface area contributed by atoms with Crippen molar-refractivity contribution >= 4 is 18.3 Å².